The molecule has 0 aliphatic heterocycles. The minimum Gasteiger partial charge on any atom is -0.254 e. The zero-order valence-electron chi connectivity index (χ0n) is 4.98. The highest BCUT2D eigenvalue weighted by Gasteiger charge is 1.72. The van der Waals surface area contributed by atoms with Crippen molar-refractivity contribution in [2.24, 2.45) is 0 Å². The Hall–Kier alpha value is -0.600. The van der Waals surface area contributed by atoms with Gasteiger partial charge in [0.25, 0.3) is 0 Å². The monoisotopic (exact) mass is 112 g/mol. The summed E-state index contributed by atoms with van der Waals surface area (Å²) < 4.78 is 0. The van der Waals surface area contributed by atoms with Crippen LogP contribution in [-0.4, -0.2) is 13.1 Å². The summed E-state index contributed by atoms with van der Waals surface area (Å²) in [5.41, 5.74) is 5.79. The molecule has 0 atom stereocenters. The van der Waals surface area contributed by atoms with Gasteiger partial charge >= 0.3 is 0 Å². The van der Waals surface area contributed by atoms with Crippen LogP contribution in [0.15, 0.2) is 25.3 Å². The van der Waals surface area contributed by atoms with Gasteiger partial charge in [0.2, 0.25) is 0 Å². The molecule has 0 bridgehead atoms. The van der Waals surface area contributed by atoms with Gasteiger partial charge in [-0.2, -0.15) is 0 Å². The molecule has 46 valence electrons. The van der Waals surface area contributed by atoms with Gasteiger partial charge in [-0.05, 0) is 0 Å². The first-order valence-corrected chi connectivity index (χ1v) is 2.59. The lowest BCUT2D eigenvalue weighted by atomic mass is 10.6. The lowest BCUT2D eigenvalue weighted by molar-refractivity contribution is 0.611. The van der Waals surface area contributed by atoms with E-state index >= 15 is 0 Å². The number of hydrazine groups is 1. The predicted molar refractivity (Wildman–Crippen MR) is 36.4 cm³/mol. The second-order valence-corrected chi connectivity index (χ2v) is 1.34. The molecule has 0 aliphatic rings. The van der Waals surface area contributed by atoms with Crippen molar-refractivity contribution in [2.75, 3.05) is 13.1 Å². The average molecular weight is 112 g/mol. The maximum atomic E-state index is 3.53. The molecular weight excluding hydrogens is 100 g/mol. The molecule has 2 heteroatoms. The van der Waals surface area contributed by atoms with Gasteiger partial charge in [0.1, 0.15) is 0 Å². The zero-order chi connectivity index (χ0) is 6.24. The van der Waals surface area contributed by atoms with Crippen LogP contribution in [0.1, 0.15) is 0 Å². The lowest BCUT2D eigenvalue weighted by Crippen LogP contribution is -2.31. The van der Waals surface area contributed by atoms with Crippen molar-refractivity contribution in [2.45, 2.75) is 0 Å². The van der Waals surface area contributed by atoms with Gasteiger partial charge in [-0.1, -0.05) is 12.2 Å². The second-order valence-electron chi connectivity index (χ2n) is 1.34. The summed E-state index contributed by atoms with van der Waals surface area (Å²) in [5, 5.41) is 0. The van der Waals surface area contributed by atoms with Crippen LogP contribution in [0, 0.1) is 0 Å². The first kappa shape index (κ1) is 7.40. The van der Waals surface area contributed by atoms with Crippen molar-refractivity contribution < 1.29 is 0 Å². The molecule has 0 spiro atoms. The Labute approximate surface area is 50.3 Å². The topological polar surface area (TPSA) is 24.1 Å². The highest BCUT2D eigenvalue weighted by atomic mass is 15.3. The summed E-state index contributed by atoms with van der Waals surface area (Å²) in [6.45, 7) is 8.63. The summed E-state index contributed by atoms with van der Waals surface area (Å²) in [5.74, 6) is 0. The molecule has 0 aliphatic carbocycles. The minimum atomic E-state index is 0.786. The quantitative estimate of drug-likeness (QED) is 0.306. The van der Waals surface area contributed by atoms with E-state index in [9.17, 15) is 0 Å². The average Bonchev–Trinajstić information content (AvgIpc) is 1.81. The van der Waals surface area contributed by atoms with E-state index in [1.807, 2.05) is 0 Å². The fourth-order valence-corrected chi connectivity index (χ4v) is 0.289. The van der Waals surface area contributed by atoms with Gasteiger partial charge in [0, 0.05) is 13.1 Å². The molecule has 0 fully saturated rings. The zero-order valence-corrected chi connectivity index (χ0v) is 4.98. The fourth-order valence-electron chi connectivity index (χ4n) is 0.289. The van der Waals surface area contributed by atoms with E-state index in [1.54, 1.807) is 12.2 Å². The number of rotatable bonds is 5. The molecule has 8 heavy (non-hydrogen) atoms. The fraction of sp³-hybridized carbons (Fsp3) is 0.333. The molecule has 0 saturated heterocycles. The molecule has 0 saturated carbocycles. The van der Waals surface area contributed by atoms with Crippen molar-refractivity contribution in [3.05, 3.63) is 25.3 Å². The van der Waals surface area contributed by atoms with Crippen LogP contribution in [-0.2, 0) is 0 Å². The van der Waals surface area contributed by atoms with Crippen LogP contribution in [0.2, 0.25) is 0 Å². The lowest BCUT2D eigenvalue weighted by Gasteiger charge is -1.97. The third-order valence-corrected chi connectivity index (χ3v) is 0.618. The van der Waals surface area contributed by atoms with E-state index in [0.717, 1.165) is 13.1 Å². The summed E-state index contributed by atoms with van der Waals surface area (Å²) in [6, 6.07) is 0. The van der Waals surface area contributed by atoms with Crippen molar-refractivity contribution in [3.8, 4) is 0 Å². The highest BCUT2D eigenvalue weighted by Crippen LogP contribution is 1.56. The van der Waals surface area contributed by atoms with E-state index in [4.69, 9.17) is 0 Å². The van der Waals surface area contributed by atoms with Crippen molar-refractivity contribution in [1.29, 1.82) is 0 Å². The number of hydrogen-bond acceptors (Lipinski definition) is 2. The molecule has 0 heterocycles. The summed E-state index contributed by atoms with van der Waals surface area (Å²) in [4.78, 5) is 0. The number of hydrogen-bond donors (Lipinski definition) is 2. The van der Waals surface area contributed by atoms with Gasteiger partial charge in [-0.25, -0.2) is 0 Å². The Morgan fingerprint density at radius 3 is 1.62 bits per heavy atom. The third-order valence-electron chi connectivity index (χ3n) is 0.618. The van der Waals surface area contributed by atoms with Crippen LogP contribution < -0.4 is 10.9 Å². The van der Waals surface area contributed by atoms with Gasteiger partial charge in [0.05, 0.1) is 0 Å². The maximum Gasteiger partial charge on any atom is 0.0278 e. The molecule has 0 aromatic rings. The van der Waals surface area contributed by atoms with Gasteiger partial charge in [0.15, 0.2) is 0 Å². The molecule has 0 radical (unpaired) electrons. The first-order valence-electron chi connectivity index (χ1n) is 2.59. The Kier molecular flexibility index (Phi) is 5.92. The SMILES string of the molecule is C=CCNNCC=C. The first-order chi connectivity index (χ1) is 3.91. The second kappa shape index (κ2) is 6.40. The van der Waals surface area contributed by atoms with E-state index in [0.29, 0.717) is 0 Å². The molecule has 0 rings (SSSR count). The summed E-state index contributed by atoms with van der Waals surface area (Å²) in [6.07, 6.45) is 3.58. The summed E-state index contributed by atoms with van der Waals surface area (Å²) in [7, 11) is 0. The van der Waals surface area contributed by atoms with Crippen LogP contribution in [0.4, 0.5) is 0 Å². The Balaban J connectivity index is 2.71. The standard InChI is InChI=1S/C6H12N2/c1-3-5-7-8-6-4-2/h3-4,7-8H,1-2,5-6H2. The van der Waals surface area contributed by atoms with Crippen molar-refractivity contribution in [3.63, 3.8) is 0 Å². The van der Waals surface area contributed by atoms with Crippen molar-refractivity contribution >= 4 is 0 Å². The normalized spacial score (nSPS) is 8.50. The van der Waals surface area contributed by atoms with Gasteiger partial charge in [-0.15, -0.1) is 13.2 Å². The number of nitrogens with one attached hydrogen (secondary N) is 2. The van der Waals surface area contributed by atoms with E-state index < -0.39 is 0 Å². The molecule has 0 aromatic carbocycles. The molecule has 0 aromatic heterocycles. The van der Waals surface area contributed by atoms with Gasteiger partial charge in [-0.3, -0.25) is 10.9 Å². The van der Waals surface area contributed by atoms with E-state index in [2.05, 4.69) is 24.0 Å². The highest BCUT2D eigenvalue weighted by molar-refractivity contribution is 4.71. The Morgan fingerprint density at radius 2 is 1.38 bits per heavy atom. The smallest absolute Gasteiger partial charge is 0.0278 e. The van der Waals surface area contributed by atoms with Crippen molar-refractivity contribution in [1.82, 2.24) is 10.9 Å². The Bertz CT molecular complexity index is 58.9. The van der Waals surface area contributed by atoms with E-state index in [1.165, 1.54) is 0 Å². The minimum absolute atomic E-state index is 0.786. The Morgan fingerprint density at radius 1 is 1.00 bits per heavy atom. The molecule has 2 nitrogen and oxygen atoms in total. The maximum absolute atomic E-state index is 3.53. The molecule has 0 unspecified atom stereocenters. The largest absolute Gasteiger partial charge is 0.254 e. The van der Waals surface area contributed by atoms with Crippen LogP contribution in [0.3, 0.4) is 0 Å². The van der Waals surface area contributed by atoms with Crippen LogP contribution in [0.25, 0.3) is 0 Å². The molecular formula is C6H12N2. The third kappa shape index (κ3) is 5.40. The molecule has 0 amide bonds. The predicted octanol–water partition coefficient (Wildman–Crippen LogP) is 0.453. The van der Waals surface area contributed by atoms with Crippen LogP contribution in [0.5, 0.6) is 0 Å². The molecule has 2 N–H and O–H groups in total. The summed E-state index contributed by atoms with van der Waals surface area (Å²) >= 11 is 0. The van der Waals surface area contributed by atoms with Gasteiger partial charge < -0.3 is 0 Å². The van der Waals surface area contributed by atoms with E-state index in [-0.39, 0.29) is 0 Å². The van der Waals surface area contributed by atoms with Crippen LogP contribution >= 0.6 is 0 Å².